The van der Waals surface area contributed by atoms with E-state index in [4.69, 9.17) is 4.74 Å². The number of esters is 1. The van der Waals surface area contributed by atoms with Crippen molar-refractivity contribution in [3.8, 4) is 0 Å². The van der Waals surface area contributed by atoms with E-state index < -0.39 is 18.0 Å². The van der Waals surface area contributed by atoms with Crippen molar-refractivity contribution in [1.82, 2.24) is 0 Å². The second kappa shape index (κ2) is 6.54. The molecule has 1 N–H and O–H groups in total. The van der Waals surface area contributed by atoms with Gasteiger partial charge in [-0.3, -0.25) is 4.79 Å². The summed E-state index contributed by atoms with van der Waals surface area (Å²) in [6, 6.07) is 5.31. The second-order valence-corrected chi connectivity index (χ2v) is 3.58. The van der Waals surface area contributed by atoms with Crippen LogP contribution in [0.15, 0.2) is 36.4 Å². The number of hydrogen-bond donors (Lipinski definition) is 1. The van der Waals surface area contributed by atoms with Gasteiger partial charge in [-0.2, -0.15) is 0 Å². The van der Waals surface area contributed by atoms with Gasteiger partial charge in [-0.15, -0.1) is 0 Å². The van der Waals surface area contributed by atoms with Crippen LogP contribution >= 0.6 is 0 Å². The van der Waals surface area contributed by atoms with E-state index in [1.807, 2.05) is 0 Å². The summed E-state index contributed by atoms with van der Waals surface area (Å²) in [5.74, 6) is -1.45. The van der Waals surface area contributed by atoms with E-state index in [0.29, 0.717) is 5.69 Å². The highest BCUT2D eigenvalue weighted by molar-refractivity contribution is 5.95. The van der Waals surface area contributed by atoms with Gasteiger partial charge in [0.25, 0.3) is 5.91 Å². The lowest BCUT2D eigenvalue weighted by Gasteiger charge is -2.12. The largest absolute Gasteiger partial charge is 0.449 e. The van der Waals surface area contributed by atoms with Crippen molar-refractivity contribution >= 4 is 17.6 Å². The zero-order chi connectivity index (χ0) is 13.5. The Kier molecular flexibility index (Phi) is 5.05. The quantitative estimate of drug-likeness (QED) is 0.659. The number of halogens is 1. The summed E-state index contributed by atoms with van der Waals surface area (Å²) in [7, 11) is 0. The third kappa shape index (κ3) is 4.37. The molecule has 0 aliphatic heterocycles. The predicted molar refractivity (Wildman–Crippen MR) is 65.4 cm³/mol. The molecule has 0 aliphatic carbocycles. The molecule has 4 nitrogen and oxygen atoms in total. The summed E-state index contributed by atoms with van der Waals surface area (Å²) in [4.78, 5) is 22.7. The van der Waals surface area contributed by atoms with E-state index >= 15 is 0 Å². The van der Waals surface area contributed by atoms with Gasteiger partial charge in [0, 0.05) is 11.8 Å². The molecule has 1 aromatic carbocycles. The maximum absolute atomic E-state index is 12.6. The molecule has 5 heteroatoms. The van der Waals surface area contributed by atoms with Crippen molar-refractivity contribution in [3.05, 3.63) is 42.2 Å². The molecular weight excluding hydrogens is 237 g/mol. The van der Waals surface area contributed by atoms with E-state index in [2.05, 4.69) is 5.32 Å². The molecular formula is C13H14FNO3. The molecule has 0 radical (unpaired) electrons. The van der Waals surface area contributed by atoms with Crippen LogP contribution in [0, 0.1) is 5.82 Å². The third-order valence-corrected chi connectivity index (χ3v) is 2.08. The molecule has 1 aromatic rings. The van der Waals surface area contributed by atoms with E-state index in [0.717, 1.165) is 0 Å². The highest BCUT2D eigenvalue weighted by atomic mass is 19.1. The van der Waals surface area contributed by atoms with Crippen LogP contribution < -0.4 is 5.32 Å². The minimum Gasteiger partial charge on any atom is -0.449 e. The van der Waals surface area contributed by atoms with Crippen LogP contribution in [0.2, 0.25) is 0 Å². The van der Waals surface area contributed by atoms with Crippen LogP contribution in [-0.2, 0) is 14.3 Å². The predicted octanol–water partition coefficient (Wildman–Crippen LogP) is 2.27. The molecule has 0 saturated carbocycles. The number of carbonyl (C=O) groups is 2. The summed E-state index contributed by atoms with van der Waals surface area (Å²) < 4.78 is 17.5. The van der Waals surface area contributed by atoms with Gasteiger partial charge >= 0.3 is 5.97 Å². The fourth-order valence-electron chi connectivity index (χ4n) is 1.18. The molecule has 18 heavy (non-hydrogen) atoms. The van der Waals surface area contributed by atoms with Crippen molar-refractivity contribution in [2.75, 3.05) is 5.32 Å². The molecule has 0 bridgehead atoms. The molecule has 0 aromatic heterocycles. The van der Waals surface area contributed by atoms with Gasteiger partial charge in [0.05, 0.1) is 0 Å². The molecule has 1 rings (SSSR count). The summed E-state index contributed by atoms with van der Waals surface area (Å²) >= 11 is 0. The first-order chi connectivity index (χ1) is 8.52. The van der Waals surface area contributed by atoms with Gasteiger partial charge in [-0.1, -0.05) is 6.08 Å². The number of amides is 1. The number of benzene rings is 1. The van der Waals surface area contributed by atoms with Crippen LogP contribution in [0.25, 0.3) is 0 Å². The average molecular weight is 251 g/mol. The normalized spacial score (nSPS) is 12.2. The molecule has 1 amide bonds. The van der Waals surface area contributed by atoms with Gasteiger partial charge in [-0.05, 0) is 38.1 Å². The molecule has 0 spiro atoms. The molecule has 0 aliphatic rings. The molecule has 0 fully saturated rings. The fraction of sp³-hybridized carbons (Fsp3) is 0.231. The lowest BCUT2D eigenvalue weighted by Crippen LogP contribution is -2.29. The lowest BCUT2D eigenvalue weighted by atomic mass is 10.3. The molecule has 0 saturated heterocycles. The Balaban J connectivity index is 2.54. The summed E-state index contributed by atoms with van der Waals surface area (Å²) in [6.45, 7) is 3.13. The molecule has 0 unspecified atom stereocenters. The Morgan fingerprint density at radius 3 is 2.50 bits per heavy atom. The topological polar surface area (TPSA) is 55.4 Å². The standard InChI is InChI=1S/C13H14FNO3/c1-3-4-12(16)18-9(2)13(17)15-11-7-5-10(14)6-8-11/h3-9H,1-2H3,(H,15,17)/b4-3+/t9-/m0/s1. The maximum Gasteiger partial charge on any atom is 0.331 e. The van der Waals surface area contributed by atoms with Crippen LogP contribution in [0.3, 0.4) is 0 Å². The molecule has 96 valence electrons. The Morgan fingerprint density at radius 2 is 1.94 bits per heavy atom. The van der Waals surface area contributed by atoms with Crippen LogP contribution in [-0.4, -0.2) is 18.0 Å². The fourth-order valence-corrected chi connectivity index (χ4v) is 1.18. The van der Waals surface area contributed by atoms with Crippen molar-refractivity contribution in [3.63, 3.8) is 0 Å². The number of anilines is 1. The van der Waals surface area contributed by atoms with Gasteiger partial charge < -0.3 is 10.1 Å². The Morgan fingerprint density at radius 1 is 1.33 bits per heavy atom. The monoisotopic (exact) mass is 251 g/mol. The average Bonchev–Trinajstić information content (AvgIpc) is 2.32. The summed E-state index contributed by atoms with van der Waals surface area (Å²) in [5, 5.41) is 2.51. The van der Waals surface area contributed by atoms with Crippen molar-refractivity contribution in [2.45, 2.75) is 20.0 Å². The Bertz CT molecular complexity index is 454. The smallest absolute Gasteiger partial charge is 0.331 e. The zero-order valence-electron chi connectivity index (χ0n) is 10.1. The van der Waals surface area contributed by atoms with Crippen molar-refractivity contribution in [1.29, 1.82) is 0 Å². The summed E-state index contributed by atoms with van der Waals surface area (Å²) in [6.07, 6.45) is 1.83. The Labute approximate surface area is 104 Å². The number of allylic oxidation sites excluding steroid dienone is 1. The maximum atomic E-state index is 12.6. The number of rotatable bonds is 4. The van der Waals surface area contributed by atoms with E-state index in [-0.39, 0.29) is 5.82 Å². The number of carbonyl (C=O) groups excluding carboxylic acids is 2. The first-order valence-corrected chi connectivity index (χ1v) is 5.42. The van der Waals surface area contributed by atoms with Gasteiger partial charge in [0.2, 0.25) is 0 Å². The highest BCUT2D eigenvalue weighted by Crippen LogP contribution is 2.09. The van der Waals surface area contributed by atoms with Gasteiger partial charge in [0.15, 0.2) is 6.10 Å². The molecule has 0 heterocycles. The van der Waals surface area contributed by atoms with Crippen LogP contribution in [0.1, 0.15) is 13.8 Å². The first kappa shape index (κ1) is 13.9. The van der Waals surface area contributed by atoms with Gasteiger partial charge in [-0.25, -0.2) is 9.18 Å². The Hall–Kier alpha value is -2.17. The number of hydrogen-bond acceptors (Lipinski definition) is 3. The highest BCUT2D eigenvalue weighted by Gasteiger charge is 2.16. The zero-order valence-corrected chi connectivity index (χ0v) is 10.1. The third-order valence-electron chi connectivity index (χ3n) is 2.08. The molecule has 1 atom stereocenters. The van der Waals surface area contributed by atoms with Crippen molar-refractivity contribution in [2.24, 2.45) is 0 Å². The van der Waals surface area contributed by atoms with Gasteiger partial charge in [0.1, 0.15) is 5.82 Å². The van der Waals surface area contributed by atoms with E-state index in [9.17, 15) is 14.0 Å². The lowest BCUT2D eigenvalue weighted by molar-refractivity contribution is -0.148. The van der Waals surface area contributed by atoms with E-state index in [1.165, 1.54) is 43.3 Å². The van der Waals surface area contributed by atoms with Crippen LogP contribution in [0.4, 0.5) is 10.1 Å². The number of ether oxygens (including phenoxy) is 1. The van der Waals surface area contributed by atoms with Crippen LogP contribution in [0.5, 0.6) is 0 Å². The SMILES string of the molecule is C/C=C/C(=O)O[C@@H](C)C(=O)Nc1ccc(F)cc1. The summed E-state index contributed by atoms with van der Waals surface area (Å²) in [5.41, 5.74) is 0.440. The second-order valence-electron chi connectivity index (χ2n) is 3.58. The number of nitrogens with one attached hydrogen (secondary N) is 1. The minimum atomic E-state index is -0.918. The minimum absolute atomic E-state index is 0.388. The van der Waals surface area contributed by atoms with E-state index in [1.54, 1.807) is 6.92 Å². The first-order valence-electron chi connectivity index (χ1n) is 5.42. The van der Waals surface area contributed by atoms with Crippen molar-refractivity contribution < 1.29 is 18.7 Å².